The van der Waals surface area contributed by atoms with Gasteiger partial charge in [-0.25, -0.2) is 9.59 Å². The van der Waals surface area contributed by atoms with Gasteiger partial charge in [-0.2, -0.15) is 0 Å². The molecule has 0 spiro atoms. The number of nitrogens with one attached hydrogen (secondary N) is 2. The molecule has 0 bridgehead atoms. The predicted molar refractivity (Wildman–Crippen MR) is 95.0 cm³/mol. The third kappa shape index (κ3) is 6.39. The van der Waals surface area contributed by atoms with Crippen molar-refractivity contribution in [3.8, 4) is 0 Å². The number of fused-ring (bicyclic) bond motifs is 1. The van der Waals surface area contributed by atoms with Crippen LogP contribution in [0.5, 0.6) is 0 Å². The number of aromatic amines is 1. The molecule has 2 aromatic rings. The lowest BCUT2D eigenvalue weighted by Gasteiger charge is -2.06. The van der Waals surface area contributed by atoms with E-state index >= 15 is 0 Å². The minimum Gasteiger partial charge on any atom is -0.473 e. The molecule has 25 heavy (non-hydrogen) atoms. The van der Waals surface area contributed by atoms with Crippen LogP contribution in [0.15, 0.2) is 24.3 Å². The van der Waals surface area contributed by atoms with Gasteiger partial charge in [0.2, 0.25) is 0 Å². The Balaban J connectivity index is 0.000000450. The summed E-state index contributed by atoms with van der Waals surface area (Å²) in [6, 6.07) is 7.96. The molecule has 1 aromatic heterocycles. The van der Waals surface area contributed by atoms with Crippen molar-refractivity contribution in [3.63, 3.8) is 0 Å². The number of hydrogen-bond donors (Lipinski definition) is 4. The molecule has 0 aliphatic heterocycles. The number of carbonyl (C=O) groups is 3. The van der Waals surface area contributed by atoms with Gasteiger partial charge in [-0.05, 0) is 31.9 Å². The lowest BCUT2D eigenvalue weighted by Crippen LogP contribution is -2.25. The van der Waals surface area contributed by atoms with Gasteiger partial charge in [-0.15, -0.1) is 0 Å². The molecule has 7 nitrogen and oxygen atoms in total. The Morgan fingerprint density at radius 1 is 1.12 bits per heavy atom. The van der Waals surface area contributed by atoms with Gasteiger partial charge in [0.05, 0.1) is 6.54 Å². The zero-order valence-corrected chi connectivity index (χ0v) is 14.6. The second kappa shape index (κ2) is 9.58. The van der Waals surface area contributed by atoms with E-state index in [2.05, 4.69) is 24.1 Å². The highest BCUT2D eigenvalue weighted by Gasteiger charge is 2.15. The van der Waals surface area contributed by atoms with Gasteiger partial charge in [0.1, 0.15) is 0 Å². The summed E-state index contributed by atoms with van der Waals surface area (Å²) in [5.74, 6) is -2.82. The van der Waals surface area contributed by atoms with Crippen molar-refractivity contribution in [1.82, 2.24) is 10.3 Å². The molecule has 1 aromatic carbocycles. The maximum atomic E-state index is 12.3. The smallest absolute Gasteiger partial charge is 0.414 e. The zero-order valence-electron chi connectivity index (χ0n) is 14.6. The Hall–Kier alpha value is -2.67. The van der Waals surface area contributed by atoms with E-state index in [9.17, 15) is 4.79 Å². The van der Waals surface area contributed by atoms with Crippen LogP contribution in [0.2, 0.25) is 0 Å². The highest BCUT2D eigenvalue weighted by atomic mass is 16.4. The molecule has 0 aliphatic carbocycles. The maximum Gasteiger partial charge on any atom is 0.414 e. The molecular weight excluding hydrogens is 324 g/mol. The highest BCUT2D eigenvalue weighted by molar-refractivity contribution is 6.27. The molecule has 136 valence electrons. The molecule has 0 amide bonds. The number of rotatable bonds is 6. The lowest BCUT2D eigenvalue weighted by molar-refractivity contribution is -0.159. The summed E-state index contributed by atoms with van der Waals surface area (Å²) in [5, 5.41) is 19.0. The fourth-order valence-corrected chi connectivity index (χ4v) is 2.32. The summed E-state index contributed by atoms with van der Waals surface area (Å²) in [4.78, 5) is 33.8. The molecule has 0 fully saturated rings. The summed E-state index contributed by atoms with van der Waals surface area (Å²) < 4.78 is 0. The summed E-state index contributed by atoms with van der Waals surface area (Å²) >= 11 is 0. The number of Topliss-reactive ketones (excluding diaryl/α,β-unsaturated/α-hetero) is 1. The number of benzene rings is 1. The SMILES string of the molecule is Cc1[nH]c2ccccc2c1C(=O)CNCCC(C)C.O=C(O)C(=O)O. The van der Waals surface area contributed by atoms with E-state index in [0.29, 0.717) is 12.5 Å². The van der Waals surface area contributed by atoms with Crippen molar-refractivity contribution in [2.45, 2.75) is 27.2 Å². The first-order valence-corrected chi connectivity index (χ1v) is 8.01. The van der Waals surface area contributed by atoms with Crippen LogP contribution in [0.25, 0.3) is 10.9 Å². The second-order valence-corrected chi connectivity index (χ2v) is 6.06. The third-order valence-electron chi connectivity index (χ3n) is 3.54. The number of hydrogen-bond acceptors (Lipinski definition) is 4. The monoisotopic (exact) mass is 348 g/mol. The molecule has 0 aliphatic rings. The van der Waals surface area contributed by atoms with Crippen LogP contribution in [0.3, 0.4) is 0 Å². The van der Waals surface area contributed by atoms with Gasteiger partial charge < -0.3 is 20.5 Å². The summed E-state index contributed by atoms with van der Waals surface area (Å²) in [6.07, 6.45) is 1.10. The number of aromatic nitrogens is 1. The molecule has 0 unspecified atom stereocenters. The molecular formula is C18H24N2O5. The Kier molecular flexibility index (Phi) is 7.81. The fraction of sp³-hybridized carbons (Fsp3) is 0.389. The number of aliphatic carboxylic acids is 2. The Morgan fingerprint density at radius 3 is 2.28 bits per heavy atom. The van der Waals surface area contributed by atoms with Crippen LogP contribution in [-0.4, -0.2) is 46.0 Å². The van der Waals surface area contributed by atoms with E-state index < -0.39 is 11.9 Å². The van der Waals surface area contributed by atoms with Crippen LogP contribution >= 0.6 is 0 Å². The third-order valence-corrected chi connectivity index (χ3v) is 3.54. The van der Waals surface area contributed by atoms with E-state index in [0.717, 1.165) is 35.1 Å². The topological polar surface area (TPSA) is 119 Å². The number of carboxylic acid groups (broad SMARTS) is 2. The average molecular weight is 348 g/mol. The molecule has 0 saturated carbocycles. The number of H-pyrrole nitrogens is 1. The number of carbonyl (C=O) groups excluding carboxylic acids is 1. The van der Waals surface area contributed by atoms with E-state index in [4.69, 9.17) is 19.8 Å². The first-order valence-electron chi connectivity index (χ1n) is 8.01. The quantitative estimate of drug-likeness (QED) is 0.362. The molecule has 7 heteroatoms. The fourth-order valence-electron chi connectivity index (χ4n) is 2.32. The lowest BCUT2D eigenvalue weighted by atomic mass is 10.1. The highest BCUT2D eigenvalue weighted by Crippen LogP contribution is 2.21. The van der Waals surface area contributed by atoms with Gasteiger partial charge in [-0.3, -0.25) is 4.79 Å². The van der Waals surface area contributed by atoms with Gasteiger partial charge in [0.15, 0.2) is 5.78 Å². The van der Waals surface area contributed by atoms with Gasteiger partial charge in [-0.1, -0.05) is 32.0 Å². The predicted octanol–water partition coefficient (Wildman–Crippen LogP) is 2.45. The standard InChI is InChI=1S/C16H22N2O.C2H2O4/c1-11(2)8-9-17-10-15(19)16-12(3)18-14-7-5-4-6-13(14)16;3-1(4)2(5)6/h4-7,11,17-18H,8-10H2,1-3H3;(H,3,4)(H,5,6). The molecule has 0 atom stereocenters. The Bertz CT molecular complexity index is 737. The minimum absolute atomic E-state index is 0.165. The minimum atomic E-state index is -1.82. The number of aryl methyl sites for hydroxylation is 1. The van der Waals surface area contributed by atoms with E-state index in [1.54, 1.807) is 0 Å². The van der Waals surface area contributed by atoms with Crippen LogP contribution < -0.4 is 5.32 Å². The average Bonchev–Trinajstić information content (AvgIpc) is 2.87. The second-order valence-electron chi connectivity index (χ2n) is 6.06. The molecule has 4 N–H and O–H groups in total. The molecule has 0 radical (unpaired) electrons. The van der Waals surface area contributed by atoms with Crippen molar-refractivity contribution in [3.05, 3.63) is 35.5 Å². The first-order chi connectivity index (χ1) is 11.7. The summed E-state index contributed by atoms with van der Waals surface area (Å²) in [6.45, 7) is 7.64. The normalized spacial score (nSPS) is 10.4. The van der Waals surface area contributed by atoms with Crippen LogP contribution in [0, 0.1) is 12.8 Å². The first kappa shape index (κ1) is 20.4. The molecule has 1 heterocycles. The van der Waals surface area contributed by atoms with Crippen molar-refractivity contribution in [1.29, 1.82) is 0 Å². The van der Waals surface area contributed by atoms with Crippen LogP contribution in [0.1, 0.15) is 36.3 Å². The van der Waals surface area contributed by atoms with Crippen molar-refractivity contribution >= 4 is 28.6 Å². The van der Waals surface area contributed by atoms with Crippen LogP contribution in [0.4, 0.5) is 0 Å². The summed E-state index contributed by atoms with van der Waals surface area (Å²) in [7, 11) is 0. The van der Waals surface area contributed by atoms with Crippen LogP contribution in [-0.2, 0) is 9.59 Å². The van der Waals surface area contributed by atoms with Crippen molar-refractivity contribution in [2.75, 3.05) is 13.1 Å². The van der Waals surface area contributed by atoms with Gasteiger partial charge in [0.25, 0.3) is 0 Å². The Morgan fingerprint density at radius 2 is 1.72 bits per heavy atom. The van der Waals surface area contributed by atoms with Crippen molar-refractivity contribution < 1.29 is 24.6 Å². The molecule has 0 saturated heterocycles. The van der Waals surface area contributed by atoms with E-state index in [1.165, 1.54) is 0 Å². The van der Waals surface area contributed by atoms with Gasteiger partial charge in [0, 0.05) is 22.2 Å². The Labute approximate surface area is 146 Å². The number of para-hydroxylation sites is 1. The largest absolute Gasteiger partial charge is 0.473 e. The zero-order chi connectivity index (χ0) is 19.0. The number of ketones is 1. The van der Waals surface area contributed by atoms with Gasteiger partial charge >= 0.3 is 11.9 Å². The molecule has 2 rings (SSSR count). The van der Waals surface area contributed by atoms with E-state index in [1.807, 2.05) is 31.2 Å². The number of carboxylic acids is 2. The maximum absolute atomic E-state index is 12.3. The summed E-state index contributed by atoms with van der Waals surface area (Å²) in [5.41, 5.74) is 2.81. The van der Waals surface area contributed by atoms with Crippen molar-refractivity contribution in [2.24, 2.45) is 5.92 Å². The van der Waals surface area contributed by atoms with E-state index in [-0.39, 0.29) is 5.78 Å².